The molecule has 112 valence electrons. The molecule has 0 saturated heterocycles. The minimum absolute atomic E-state index is 0.0639. The fourth-order valence-corrected chi connectivity index (χ4v) is 5.10. The lowest BCUT2D eigenvalue weighted by Crippen LogP contribution is -2.20. The predicted molar refractivity (Wildman–Crippen MR) is 82.1 cm³/mol. The first-order valence-corrected chi connectivity index (χ1v) is 8.38. The van der Waals surface area contributed by atoms with E-state index in [4.69, 9.17) is 0 Å². The molecule has 2 heterocycles. The summed E-state index contributed by atoms with van der Waals surface area (Å²) < 4.78 is 40.4. The van der Waals surface area contributed by atoms with Crippen LogP contribution in [0.5, 0.6) is 0 Å². The number of fused-ring (bicyclic) bond motifs is 1. The van der Waals surface area contributed by atoms with E-state index < -0.39 is 11.7 Å². The number of halogens is 3. The number of thiophene rings is 1. The van der Waals surface area contributed by atoms with Crippen molar-refractivity contribution in [2.24, 2.45) is 0 Å². The van der Waals surface area contributed by atoms with Crippen LogP contribution in [0.2, 0.25) is 0 Å². The van der Waals surface area contributed by atoms with Crippen LogP contribution in [0.3, 0.4) is 0 Å². The molecule has 0 aliphatic carbocycles. The van der Waals surface area contributed by atoms with Crippen molar-refractivity contribution in [1.29, 1.82) is 0 Å². The second-order valence-corrected chi connectivity index (χ2v) is 7.69. The molecule has 1 aromatic carbocycles. The minimum Gasteiger partial charge on any atom is -0.378 e. The van der Waals surface area contributed by atoms with Crippen molar-refractivity contribution in [2.75, 3.05) is 5.32 Å². The molecular formula is C15H14F3NS2. The van der Waals surface area contributed by atoms with E-state index in [1.807, 2.05) is 11.4 Å². The maximum Gasteiger partial charge on any atom is 0.418 e. The second kappa shape index (κ2) is 5.57. The van der Waals surface area contributed by atoms with Gasteiger partial charge in [-0.25, -0.2) is 0 Å². The summed E-state index contributed by atoms with van der Waals surface area (Å²) >= 11 is 3.45. The maximum atomic E-state index is 13.1. The van der Waals surface area contributed by atoms with Crippen molar-refractivity contribution in [3.8, 4) is 0 Å². The number of rotatable bonds is 2. The lowest BCUT2D eigenvalue weighted by molar-refractivity contribution is -0.137. The number of anilines is 1. The standard InChI is InChI=1S/C15H14F3NS2/c1-9-8-13(10-6-7-20-14(10)21-9)19-12-5-3-2-4-11(12)15(16,17)18/h2-7,9,13,19H,8H2,1H3/t9-,13?/m0/s1. The summed E-state index contributed by atoms with van der Waals surface area (Å²) in [5.41, 5.74) is 0.666. The summed E-state index contributed by atoms with van der Waals surface area (Å²) in [6.45, 7) is 2.11. The summed E-state index contributed by atoms with van der Waals surface area (Å²) in [5, 5.41) is 5.50. The molecule has 21 heavy (non-hydrogen) atoms. The molecule has 0 fully saturated rings. The van der Waals surface area contributed by atoms with Gasteiger partial charge in [0, 0.05) is 10.9 Å². The van der Waals surface area contributed by atoms with E-state index in [-0.39, 0.29) is 11.7 Å². The largest absolute Gasteiger partial charge is 0.418 e. The number of hydrogen-bond donors (Lipinski definition) is 1. The summed E-state index contributed by atoms with van der Waals surface area (Å²) in [6, 6.07) is 7.62. The Labute approximate surface area is 129 Å². The van der Waals surface area contributed by atoms with E-state index in [1.54, 1.807) is 29.2 Å². The first kappa shape index (κ1) is 14.8. The molecule has 0 amide bonds. The molecule has 6 heteroatoms. The smallest absolute Gasteiger partial charge is 0.378 e. The van der Waals surface area contributed by atoms with Crippen LogP contribution in [0, 0.1) is 0 Å². The zero-order valence-corrected chi connectivity index (χ0v) is 12.9. The van der Waals surface area contributed by atoms with Gasteiger partial charge in [-0.15, -0.1) is 23.1 Å². The van der Waals surface area contributed by atoms with Crippen LogP contribution in [0.4, 0.5) is 18.9 Å². The monoisotopic (exact) mass is 329 g/mol. The number of nitrogens with one attached hydrogen (secondary N) is 1. The first-order chi connectivity index (χ1) is 9.95. The molecule has 1 N–H and O–H groups in total. The fraction of sp³-hybridized carbons (Fsp3) is 0.333. The molecular weight excluding hydrogens is 315 g/mol. The molecule has 2 aromatic rings. The van der Waals surface area contributed by atoms with E-state index in [9.17, 15) is 13.2 Å². The number of benzene rings is 1. The van der Waals surface area contributed by atoms with Crippen LogP contribution in [-0.4, -0.2) is 5.25 Å². The van der Waals surface area contributed by atoms with Crippen molar-refractivity contribution in [3.63, 3.8) is 0 Å². The van der Waals surface area contributed by atoms with Crippen molar-refractivity contribution < 1.29 is 13.2 Å². The van der Waals surface area contributed by atoms with Gasteiger partial charge in [0.15, 0.2) is 0 Å². The minimum atomic E-state index is -4.34. The number of thioether (sulfide) groups is 1. The summed E-state index contributed by atoms with van der Waals surface area (Å²) in [5.74, 6) is 0. The quantitative estimate of drug-likeness (QED) is 0.747. The Hall–Kier alpha value is -1.14. The molecule has 1 nitrogen and oxygen atoms in total. The van der Waals surface area contributed by atoms with E-state index in [2.05, 4.69) is 12.2 Å². The molecule has 1 aliphatic heterocycles. The van der Waals surface area contributed by atoms with Crippen molar-refractivity contribution in [1.82, 2.24) is 0 Å². The van der Waals surface area contributed by atoms with Gasteiger partial charge in [-0.05, 0) is 35.6 Å². The number of para-hydroxylation sites is 1. The SMILES string of the molecule is C[C@H]1CC(Nc2ccccc2C(F)(F)F)c2ccsc2S1. The topological polar surface area (TPSA) is 12.0 Å². The fourth-order valence-electron chi connectivity index (χ4n) is 2.53. The van der Waals surface area contributed by atoms with Gasteiger partial charge < -0.3 is 5.32 Å². The van der Waals surface area contributed by atoms with E-state index in [0.29, 0.717) is 5.25 Å². The van der Waals surface area contributed by atoms with Gasteiger partial charge in [0.05, 0.1) is 15.8 Å². The summed E-state index contributed by atoms with van der Waals surface area (Å²) in [6.07, 6.45) is -3.52. The molecule has 0 saturated carbocycles. The van der Waals surface area contributed by atoms with Crippen LogP contribution in [0.25, 0.3) is 0 Å². The van der Waals surface area contributed by atoms with Crippen LogP contribution in [0.1, 0.15) is 30.5 Å². The molecule has 3 rings (SSSR count). The highest BCUT2D eigenvalue weighted by atomic mass is 32.2. The van der Waals surface area contributed by atoms with Gasteiger partial charge in [-0.2, -0.15) is 13.2 Å². The lowest BCUT2D eigenvalue weighted by atomic mass is 10.0. The van der Waals surface area contributed by atoms with Crippen LogP contribution < -0.4 is 5.32 Å². The van der Waals surface area contributed by atoms with Crippen LogP contribution in [0.15, 0.2) is 39.9 Å². The van der Waals surface area contributed by atoms with E-state index >= 15 is 0 Å². The van der Waals surface area contributed by atoms with Crippen molar-refractivity contribution in [3.05, 3.63) is 46.8 Å². The molecule has 2 atom stereocenters. The van der Waals surface area contributed by atoms with Gasteiger partial charge in [0.25, 0.3) is 0 Å². The Morgan fingerprint density at radius 3 is 2.71 bits per heavy atom. The van der Waals surface area contributed by atoms with Crippen molar-refractivity contribution >= 4 is 28.8 Å². The Balaban J connectivity index is 1.92. The predicted octanol–water partition coefficient (Wildman–Crippen LogP) is 5.80. The Bertz CT molecular complexity index is 636. The highest BCUT2D eigenvalue weighted by molar-refractivity contribution is 8.01. The van der Waals surface area contributed by atoms with Crippen LogP contribution in [-0.2, 0) is 6.18 Å². The third-order valence-corrected chi connectivity index (χ3v) is 5.82. The Kier molecular flexibility index (Phi) is 3.92. The normalized spacial score (nSPS) is 21.9. The zero-order valence-electron chi connectivity index (χ0n) is 11.3. The second-order valence-electron chi connectivity index (χ2n) is 5.07. The molecule has 1 unspecified atom stereocenters. The highest BCUT2D eigenvalue weighted by Gasteiger charge is 2.34. The number of alkyl halides is 3. The third kappa shape index (κ3) is 3.06. The van der Waals surface area contributed by atoms with E-state index in [1.165, 1.54) is 16.3 Å². The molecule has 1 aliphatic rings. The Morgan fingerprint density at radius 1 is 1.19 bits per heavy atom. The first-order valence-electron chi connectivity index (χ1n) is 6.62. The van der Waals surface area contributed by atoms with Gasteiger partial charge in [-0.3, -0.25) is 0 Å². The van der Waals surface area contributed by atoms with Gasteiger partial charge >= 0.3 is 6.18 Å². The molecule has 0 radical (unpaired) electrons. The zero-order chi connectivity index (χ0) is 15.0. The molecule has 0 bridgehead atoms. The van der Waals surface area contributed by atoms with Gasteiger partial charge in [0.1, 0.15) is 0 Å². The average molecular weight is 329 g/mol. The third-order valence-electron chi connectivity index (χ3n) is 3.47. The lowest BCUT2D eigenvalue weighted by Gasteiger charge is -2.29. The van der Waals surface area contributed by atoms with Crippen LogP contribution >= 0.6 is 23.1 Å². The van der Waals surface area contributed by atoms with Gasteiger partial charge in [0.2, 0.25) is 0 Å². The van der Waals surface area contributed by atoms with Gasteiger partial charge in [-0.1, -0.05) is 19.1 Å². The maximum absolute atomic E-state index is 13.1. The Morgan fingerprint density at radius 2 is 1.95 bits per heavy atom. The molecule has 1 aromatic heterocycles. The van der Waals surface area contributed by atoms with Crippen molar-refractivity contribution in [2.45, 2.75) is 35.0 Å². The average Bonchev–Trinajstić information content (AvgIpc) is 2.86. The van der Waals surface area contributed by atoms with E-state index in [0.717, 1.165) is 18.1 Å². The number of hydrogen-bond acceptors (Lipinski definition) is 3. The summed E-state index contributed by atoms with van der Waals surface area (Å²) in [4.78, 5) is 0. The summed E-state index contributed by atoms with van der Waals surface area (Å²) in [7, 11) is 0. The highest BCUT2D eigenvalue weighted by Crippen LogP contribution is 2.46. The molecule has 0 spiro atoms.